The second kappa shape index (κ2) is 7.63. The zero-order valence-electron chi connectivity index (χ0n) is 17.1. The van der Waals surface area contributed by atoms with Gasteiger partial charge in [-0.25, -0.2) is 9.50 Å². The Kier molecular flexibility index (Phi) is 4.89. The summed E-state index contributed by atoms with van der Waals surface area (Å²) in [5, 5.41) is 8.14. The minimum Gasteiger partial charge on any atom is -0.379 e. The van der Waals surface area contributed by atoms with Crippen LogP contribution in [-0.2, 0) is 10.9 Å². The van der Waals surface area contributed by atoms with Crippen LogP contribution in [0.15, 0.2) is 53.6 Å². The monoisotopic (exact) mass is 443 g/mol. The number of benzene rings is 1. The third-order valence-corrected chi connectivity index (χ3v) is 5.76. The molecule has 1 aliphatic heterocycles. The van der Waals surface area contributed by atoms with E-state index in [0.29, 0.717) is 41.1 Å². The second-order valence-corrected chi connectivity index (χ2v) is 7.89. The Morgan fingerprint density at radius 2 is 2.09 bits per heavy atom. The highest BCUT2D eigenvalue weighted by molar-refractivity contribution is 5.90. The van der Waals surface area contributed by atoms with Crippen molar-refractivity contribution < 1.29 is 17.9 Å². The predicted octanol–water partition coefficient (Wildman–Crippen LogP) is 4.20. The normalized spacial score (nSPS) is 17.8. The Hall–Kier alpha value is -3.40. The number of fused-ring (bicyclic) bond motifs is 3. The van der Waals surface area contributed by atoms with Crippen molar-refractivity contribution in [3.63, 3.8) is 0 Å². The topological polar surface area (TPSA) is 73.5 Å². The first-order valence-electron chi connectivity index (χ1n) is 10.2. The number of nitrogens with zero attached hydrogens (tertiary/aromatic N) is 4. The van der Waals surface area contributed by atoms with E-state index in [-0.39, 0.29) is 11.6 Å². The molecule has 0 bridgehead atoms. The first kappa shape index (κ1) is 20.5. The molecule has 166 valence electrons. The van der Waals surface area contributed by atoms with E-state index in [4.69, 9.17) is 4.74 Å². The van der Waals surface area contributed by atoms with Crippen LogP contribution in [0.5, 0.6) is 0 Å². The van der Waals surface area contributed by atoms with Gasteiger partial charge in [-0.3, -0.25) is 4.79 Å². The fourth-order valence-corrected chi connectivity index (χ4v) is 4.05. The average Bonchev–Trinajstić information content (AvgIpc) is 3.45. The van der Waals surface area contributed by atoms with Gasteiger partial charge in [0.25, 0.3) is 5.56 Å². The molecule has 1 unspecified atom stereocenters. The molecule has 0 amide bonds. The van der Waals surface area contributed by atoms with Crippen LogP contribution in [-0.4, -0.2) is 32.4 Å². The van der Waals surface area contributed by atoms with Gasteiger partial charge in [0.05, 0.1) is 35.3 Å². The number of rotatable bonds is 4. The van der Waals surface area contributed by atoms with Gasteiger partial charge >= 0.3 is 6.18 Å². The predicted molar refractivity (Wildman–Crippen MR) is 113 cm³/mol. The van der Waals surface area contributed by atoms with Crippen molar-refractivity contribution >= 4 is 22.4 Å². The van der Waals surface area contributed by atoms with Crippen molar-refractivity contribution in [2.24, 2.45) is 0 Å². The van der Waals surface area contributed by atoms with Crippen LogP contribution in [0.4, 0.5) is 19.0 Å². The molecule has 1 N–H and O–H groups in total. The second-order valence-electron chi connectivity index (χ2n) is 7.89. The van der Waals surface area contributed by atoms with E-state index in [0.717, 1.165) is 18.6 Å². The van der Waals surface area contributed by atoms with E-state index in [2.05, 4.69) is 15.4 Å². The summed E-state index contributed by atoms with van der Waals surface area (Å²) in [6, 6.07) is 7.87. The molecule has 0 radical (unpaired) electrons. The van der Waals surface area contributed by atoms with Crippen LogP contribution in [0.3, 0.4) is 0 Å². The Labute approximate surface area is 180 Å². The van der Waals surface area contributed by atoms with Crippen LogP contribution in [0.25, 0.3) is 16.6 Å². The summed E-state index contributed by atoms with van der Waals surface area (Å²) in [7, 11) is 0. The molecule has 1 fully saturated rings. The van der Waals surface area contributed by atoms with Crippen molar-refractivity contribution in [3.8, 4) is 0 Å². The number of hydrogen-bond acceptors (Lipinski definition) is 5. The van der Waals surface area contributed by atoms with Crippen LogP contribution >= 0.6 is 0 Å². The first-order valence-corrected chi connectivity index (χ1v) is 10.2. The fourth-order valence-electron chi connectivity index (χ4n) is 4.05. The minimum absolute atomic E-state index is 0.0750. The van der Waals surface area contributed by atoms with Gasteiger partial charge in [0, 0.05) is 31.0 Å². The molecular formula is C22H20F3N5O2. The number of nitrogens with one attached hydrogen (secondary N) is 1. The molecule has 7 nitrogen and oxygen atoms in total. The zero-order chi connectivity index (χ0) is 22.5. The summed E-state index contributed by atoms with van der Waals surface area (Å²) in [5.41, 5.74) is 0.688. The quantitative estimate of drug-likeness (QED) is 0.512. The van der Waals surface area contributed by atoms with E-state index >= 15 is 0 Å². The smallest absolute Gasteiger partial charge is 0.379 e. The standard InChI is InChI=1S/C22H20F3N5O2/c1-13(14-3-2-4-15(9-14)22(23,24)25)27-21-17-11-29(16-6-8-32-12-16)20(31)10-18(17)30-19(28-21)5-7-26-30/h2-5,7,9-11,13,16H,6,8,12H2,1H3,(H,27,28)/t13?,16-/m0/s1. The molecule has 0 saturated carbocycles. The molecule has 0 aliphatic carbocycles. The number of ether oxygens (including phenoxy) is 1. The number of pyridine rings is 1. The van der Waals surface area contributed by atoms with Gasteiger partial charge < -0.3 is 14.6 Å². The van der Waals surface area contributed by atoms with Crippen LogP contribution in [0.1, 0.15) is 36.6 Å². The Morgan fingerprint density at radius 3 is 2.84 bits per heavy atom. The molecule has 1 aromatic carbocycles. The SMILES string of the molecule is CC(Nc1nc2ccnn2c2cc(=O)n([C@H]3CCOC3)cc12)c1cccc(C(F)(F)F)c1. The fraction of sp³-hybridized carbons (Fsp3) is 0.318. The molecule has 4 aromatic rings. The third kappa shape index (κ3) is 3.60. The van der Waals surface area contributed by atoms with E-state index in [1.807, 2.05) is 0 Å². The Morgan fingerprint density at radius 1 is 1.25 bits per heavy atom. The van der Waals surface area contributed by atoms with Crippen LogP contribution < -0.4 is 10.9 Å². The summed E-state index contributed by atoms with van der Waals surface area (Å²) in [5.74, 6) is 0.463. The molecule has 0 spiro atoms. The first-order chi connectivity index (χ1) is 15.3. The lowest BCUT2D eigenvalue weighted by atomic mass is 10.0. The molecule has 10 heteroatoms. The largest absolute Gasteiger partial charge is 0.416 e. The number of alkyl halides is 3. The van der Waals surface area contributed by atoms with E-state index in [1.165, 1.54) is 12.1 Å². The maximum absolute atomic E-state index is 13.2. The van der Waals surface area contributed by atoms with Gasteiger partial charge in [-0.1, -0.05) is 12.1 Å². The number of hydrogen-bond donors (Lipinski definition) is 1. The summed E-state index contributed by atoms with van der Waals surface area (Å²) in [6.45, 7) is 2.81. The van der Waals surface area contributed by atoms with E-state index in [1.54, 1.807) is 40.5 Å². The number of halogens is 3. The van der Waals surface area contributed by atoms with Crippen molar-refractivity contribution in [3.05, 3.63) is 70.3 Å². The maximum atomic E-state index is 13.2. The Balaban J connectivity index is 1.61. The van der Waals surface area contributed by atoms with Crippen LogP contribution in [0.2, 0.25) is 0 Å². The van der Waals surface area contributed by atoms with Gasteiger partial charge in [0.15, 0.2) is 5.65 Å². The van der Waals surface area contributed by atoms with Gasteiger partial charge in [0.1, 0.15) is 5.82 Å². The highest BCUT2D eigenvalue weighted by atomic mass is 19.4. The molecular weight excluding hydrogens is 423 g/mol. The lowest BCUT2D eigenvalue weighted by molar-refractivity contribution is -0.137. The molecule has 1 saturated heterocycles. The third-order valence-electron chi connectivity index (χ3n) is 5.76. The van der Waals surface area contributed by atoms with Crippen molar-refractivity contribution in [2.45, 2.75) is 31.6 Å². The maximum Gasteiger partial charge on any atom is 0.416 e. The molecule has 1 aliphatic rings. The summed E-state index contributed by atoms with van der Waals surface area (Å²) >= 11 is 0. The molecule has 2 atom stereocenters. The number of anilines is 1. The summed E-state index contributed by atoms with van der Waals surface area (Å²) < 4.78 is 48.1. The van der Waals surface area contributed by atoms with E-state index < -0.39 is 17.8 Å². The molecule has 4 heterocycles. The highest BCUT2D eigenvalue weighted by Gasteiger charge is 2.30. The van der Waals surface area contributed by atoms with Gasteiger partial charge in [0.2, 0.25) is 0 Å². The summed E-state index contributed by atoms with van der Waals surface area (Å²) in [6.07, 6.45) is -0.382. The zero-order valence-corrected chi connectivity index (χ0v) is 17.1. The Bertz CT molecular complexity index is 1360. The number of aromatic nitrogens is 4. The lowest BCUT2D eigenvalue weighted by Crippen LogP contribution is -2.24. The highest BCUT2D eigenvalue weighted by Crippen LogP contribution is 2.32. The van der Waals surface area contributed by atoms with Gasteiger partial charge in [-0.15, -0.1) is 0 Å². The van der Waals surface area contributed by atoms with Gasteiger partial charge in [-0.05, 0) is 31.0 Å². The van der Waals surface area contributed by atoms with Gasteiger partial charge in [-0.2, -0.15) is 18.3 Å². The van der Waals surface area contributed by atoms with E-state index in [9.17, 15) is 18.0 Å². The van der Waals surface area contributed by atoms with Crippen molar-refractivity contribution in [2.75, 3.05) is 18.5 Å². The minimum atomic E-state index is -4.42. The average molecular weight is 443 g/mol. The molecule has 5 rings (SSSR count). The van der Waals surface area contributed by atoms with Crippen LogP contribution in [0, 0.1) is 0 Å². The molecule has 32 heavy (non-hydrogen) atoms. The molecule has 3 aromatic heterocycles. The van der Waals surface area contributed by atoms with Crippen molar-refractivity contribution in [1.82, 2.24) is 19.2 Å². The van der Waals surface area contributed by atoms with Crippen molar-refractivity contribution in [1.29, 1.82) is 0 Å². The summed E-state index contributed by atoms with van der Waals surface area (Å²) in [4.78, 5) is 17.4. The lowest BCUT2D eigenvalue weighted by Gasteiger charge is -2.19.